The number of rotatable bonds is 2. The largest absolute Gasteiger partial charge is 0.381 e. The zero-order valence-electron chi connectivity index (χ0n) is 7.19. The van der Waals surface area contributed by atoms with Gasteiger partial charge in [-0.25, -0.2) is 13.6 Å². The van der Waals surface area contributed by atoms with Crippen molar-refractivity contribution in [3.05, 3.63) is 0 Å². The second kappa shape index (κ2) is 3.72. The Bertz CT molecular complexity index is 237. The van der Waals surface area contributed by atoms with E-state index in [0.29, 0.717) is 12.8 Å². The summed E-state index contributed by atoms with van der Waals surface area (Å²) in [6.07, 6.45) is 3.14. The van der Waals surface area contributed by atoms with Crippen molar-refractivity contribution in [3.63, 3.8) is 0 Å². The minimum Gasteiger partial charge on any atom is -0.381 e. The summed E-state index contributed by atoms with van der Waals surface area (Å²) in [5.41, 5.74) is 0. The molecule has 5 heteroatoms. The Labute approximate surface area is 73.1 Å². The molecule has 1 saturated carbocycles. The van der Waals surface area contributed by atoms with Crippen LogP contribution in [0.25, 0.3) is 0 Å². The van der Waals surface area contributed by atoms with Gasteiger partial charge in [0.2, 0.25) is 10.0 Å². The fourth-order valence-corrected chi connectivity index (χ4v) is 2.59. The van der Waals surface area contributed by atoms with E-state index in [9.17, 15) is 8.42 Å². The van der Waals surface area contributed by atoms with Crippen molar-refractivity contribution >= 4 is 10.0 Å². The van der Waals surface area contributed by atoms with Crippen LogP contribution in [0.2, 0.25) is 0 Å². The molecule has 0 radical (unpaired) electrons. The highest BCUT2D eigenvalue weighted by Gasteiger charge is 2.29. The van der Waals surface area contributed by atoms with Crippen molar-refractivity contribution in [2.24, 2.45) is 5.14 Å². The highest BCUT2D eigenvalue weighted by Crippen LogP contribution is 2.24. The molecule has 1 aliphatic rings. The predicted molar refractivity (Wildman–Crippen MR) is 46.2 cm³/mol. The Morgan fingerprint density at radius 2 is 2.08 bits per heavy atom. The van der Waals surface area contributed by atoms with Gasteiger partial charge in [-0.3, -0.25) is 0 Å². The first-order chi connectivity index (χ1) is 5.54. The number of primary sulfonamides is 1. The van der Waals surface area contributed by atoms with Crippen LogP contribution in [0, 0.1) is 0 Å². The molecule has 0 amide bonds. The molecule has 2 atom stereocenters. The number of sulfonamides is 1. The Hall–Kier alpha value is -0.130. The third kappa shape index (κ3) is 2.43. The summed E-state index contributed by atoms with van der Waals surface area (Å²) in [4.78, 5) is 0. The molecule has 2 unspecified atom stereocenters. The van der Waals surface area contributed by atoms with Gasteiger partial charge in [0.1, 0.15) is 0 Å². The van der Waals surface area contributed by atoms with Crippen molar-refractivity contribution < 1.29 is 13.2 Å². The average molecular weight is 193 g/mol. The summed E-state index contributed by atoms with van der Waals surface area (Å²) in [5.74, 6) is 0. The Morgan fingerprint density at radius 1 is 1.42 bits per heavy atom. The summed E-state index contributed by atoms with van der Waals surface area (Å²) < 4.78 is 27.0. The highest BCUT2D eigenvalue weighted by molar-refractivity contribution is 7.89. The van der Waals surface area contributed by atoms with E-state index >= 15 is 0 Å². The fourth-order valence-electron chi connectivity index (χ4n) is 1.61. The van der Waals surface area contributed by atoms with Crippen LogP contribution in [0.4, 0.5) is 0 Å². The standard InChI is InChI=1S/C7H15NO3S/c1-11-6-3-2-4-7(5-6)12(8,9)10/h6-7H,2-5H2,1H3,(H2,8,9,10). The molecule has 1 rings (SSSR count). The molecule has 0 heterocycles. The third-order valence-corrected chi connectivity index (χ3v) is 3.73. The number of nitrogens with two attached hydrogens (primary N) is 1. The summed E-state index contributed by atoms with van der Waals surface area (Å²) in [7, 11) is -1.74. The van der Waals surface area contributed by atoms with Crippen LogP contribution in [0.3, 0.4) is 0 Å². The van der Waals surface area contributed by atoms with Crippen molar-refractivity contribution in [3.8, 4) is 0 Å². The number of hydrogen-bond donors (Lipinski definition) is 1. The lowest BCUT2D eigenvalue weighted by molar-refractivity contribution is 0.0720. The lowest BCUT2D eigenvalue weighted by Crippen LogP contribution is -2.35. The number of hydrogen-bond acceptors (Lipinski definition) is 3. The maximum Gasteiger partial charge on any atom is 0.212 e. The molecule has 0 aromatic carbocycles. The third-order valence-electron chi connectivity index (χ3n) is 2.38. The topological polar surface area (TPSA) is 69.4 Å². The van der Waals surface area contributed by atoms with Crippen LogP contribution in [-0.2, 0) is 14.8 Å². The molecule has 1 fully saturated rings. The Kier molecular flexibility index (Phi) is 3.09. The summed E-state index contributed by atoms with van der Waals surface area (Å²) in [6.45, 7) is 0. The molecule has 0 aromatic rings. The molecule has 1 aliphatic carbocycles. The first-order valence-electron chi connectivity index (χ1n) is 4.08. The zero-order valence-corrected chi connectivity index (χ0v) is 8.01. The lowest BCUT2D eigenvalue weighted by Gasteiger charge is -2.26. The fraction of sp³-hybridized carbons (Fsp3) is 1.00. The van der Waals surface area contributed by atoms with E-state index in [1.807, 2.05) is 0 Å². The molecule has 2 N–H and O–H groups in total. The Balaban J connectivity index is 2.58. The molecule has 0 bridgehead atoms. The highest BCUT2D eigenvalue weighted by atomic mass is 32.2. The molecule has 0 aromatic heterocycles. The van der Waals surface area contributed by atoms with Crippen LogP contribution in [-0.4, -0.2) is 26.9 Å². The minimum atomic E-state index is -3.35. The van der Waals surface area contributed by atoms with E-state index in [1.165, 1.54) is 0 Å². The minimum absolute atomic E-state index is 0.0714. The second-order valence-corrected chi connectivity index (χ2v) is 5.08. The molecule has 0 aliphatic heterocycles. The van der Waals surface area contributed by atoms with Crippen molar-refractivity contribution in [1.82, 2.24) is 0 Å². The molecule has 12 heavy (non-hydrogen) atoms. The summed E-state index contributed by atoms with van der Waals surface area (Å²) in [6, 6.07) is 0. The summed E-state index contributed by atoms with van der Waals surface area (Å²) in [5, 5.41) is 4.65. The molecule has 0 spiro atoms. The van der Waals surface area contributed by atoms with E-state index in [-0.39, 0.29) is 6.10 Å². The maximum atomic E-state index is 11.0. The predicted octanol–water partition coefficient (Wildman–Crippen LogP) is 0.233. The van der Waals surface area contributed by atoms with Crippen LogP contribution in [0.1, 0.15) is 25.7 Å². The van der Waals surface area contributed by atoms with Gasteiger partial charge < -0.3 is 4.74 Å². The van der Waals surface area contributed by atoms with E-state index in [4.69, 9.17) is 9.88 Å². The maximum absolute atomic E-state index is 11.0. The van der Waals surface area contributed by atoms with E-state index in [1.54, 1.807) is 7.11 Å². The van der Waals surface area contributed by atoms with Crippen LogP contribution >= 0.6 is 0 Å². The normalized spacial score (nSPS) is 31.8. The molecule has 72 valence electrons. The molecule has 0 saturated heterocycles. The van der Waals surface area contributed by atoms with Crippen molar-refractivity contribution in [1.29, 1.82) is 0 Å². The van der Waals surface area contributed by atoms with Gasteiger partial charge in [-0.15, -0.1) is 0 Å². The van der Waals surface area contributed by atoms with Gasteiger partial charge in [0.05, 0.1) is 11.4 Å². The van der Waals surface area contributed by atoms with Gasteiger partial charge in [-0.2, -0.15) is 0 Å². The van der Waals surface area contributed by atoms with Crippen LogP contribution in [0.5, 0.6) is 0 Å². The first kappa shape index (κ1) is 9.95. The molecular weight excluding hydrogens is 178 g/mol. The van der Waals surface area contributed by atoms with Gasteiger partial charge in [0.15, 0.2) is 0 Å². The number of methoxy groups -OCH3 is 1. The number of ether oxygens (including phenoxy) is 1. The van der Waals surface area contributed by atoms with Crippen LogP contribution in [0.15, 0.2) is 0 Å². The molecular formula is C7H15NO3S. The lowest BCUT2D eigenvalue weighted by atomic mass is 9.97. The van der Waals surface area contributed by atoms with E-state index < -0.39 is 15.3 Å². The Morgan fingerprint density at radius 3 is 2.58 bits per heavy atom. The zero-order chi connectivity index (χ0) is 9.19. The quantitative estimate of drug-likeness (QED) is 0.682. The van der Waals surface area contributed by atoms with Gasteiger partial charge in [0.25, 0.3) is 0 Å². The monoisotopic (exact) mass is 193 g/mol. The van der Waals surface area contributed by atoms with Crippen molar-refractivity contribution in [2.75, 3.05) is 7.11 Å². The summed E-state index contributed by atoms with van der Waals surface area (Å²) >= 11 is 0. The second-order valence-electron chi connectivity index (χ2n) is 3.24. The van der Waals surface area contributed by atoms with Gasteiger partial charge in [-0.05, 0) is 25.7 Å². The van der Waals surface area contributed by atoms with E-state index in [2.05, 4.69) is 0 Å². The van der Waals surface area contributed by atoms with E-state index in [0.717, 1.165) is 12.8 Å². The SMILES string of the molecule is COC1CCCC(S(N)(=O)=O)C1. The van der Waals surface area contributed by atoms with Crippen molar-refractivity contribution in [2.45, 2.75) is 37.0 Å². The van der Waals surface area contributed by atoms with Crippen LogP contribution < -0.4 is 5.14 Å². The average Bonchev–Trinajstić information content (AvgIpc) is 2.03. The van der Waals surface area contributed by atoms with Gasteiger partial charge >= 0.3 is 0 Å². The smallest absolute Gasteiger partial charge is 0.212 e. The first-order valence-corrected chi connectivity index (χ1v) is 5.69. The van der Waals surface area contributed by atoms with Gasteiger partial charge in [0, 0.05) is 7.11 Å². The van der Waals surface area contributed by atoms with Gasteiger partial charge in [-0.1, -0.05) is 0 Å². The molecule has 4 nitrogen and oxygen atoms in total.